The number of H-pyrrole nitrogens is 1. The van der Waals surface area contributed by atoms with Gasteiger partial charge in [-0.25, -0.2) is 4.98 Å². The second-order valence-electron chi connectivity index (χ2n) is 5.13. The number of nitrogens with zero attached hydrogens (tertiary/aromatic N) is 3. The van der Waals surface area contributed by atoms with E-state index in [2.05, 4.69) is 20.5 Å². The number of nitrogens with one attached hydrogen (secondary N) is 2. The summed E-state index contributed by atoms with van der Waals surface area (Å²) in [5, 5.41) is 9.45. The molecule has 0 aliphatic carbocycles. The van der Waals surface area contributed by atoms with Gasteiger partial charge in [0.1, 0.15) is 5.82 Å². The predicted octanol–water partition coefficient (Wildman–Crippen LogP) is -0.706. The van der Waals surface area contributed by atoms with E-state index < -0.39 is 0 Å². The lowest BCUT2D eigenvalue weighted by atomic mass is 9.97. The Kier molecular flexibility index (Phi) is 5.26. The quantitative estimate of drug-likeness (QED) is 0.663. The molecule has 1 saturated heterocycles. The van der Waals surface area contributed by atoms with Crippen molar-refractivity contribution in [1.82, 2.24) is 25.4 Å². The SMILES string of the molecule is CCc1nc(C(=O)N2CCCC(C(=O)NCCN)C2)n[nH]1. The van der Waals surface area contributed by atoms with Crippen molar-refractivity contribution in [2.45, 2.75) is 26.2 Å². The van der Waals surface area contributed by atoms with Crippen molar-refractivity contribution in [3.63, 3.8) is 0 Å². The molecule has 1 unspecified atom stereocenters. The molecule has 2 rings (SSSR count). The van der Waals surface area contributed by atoms with E-state index in [4.69, 9.17) is 5.73 Å². The lowest BCUT2D eigenvalue weighted by molar-refractivity contribution is -0.126. The largest absolute Gasteiger partial charge is 0.355 e. The van der Waals surface area contributed by atoms with Gasteiger partial charge in [0.25, 0.3) is 5.91 Å². The van der Waals surface area contributed by atoms with Crippen LogP contribution in [0.15, 0.2) is 0 Å². The van der Waals surface area contributed by atoms with Crippen LogP contribution in [0.1, 0.15) is 36.2 Å². The van der Waals surface area contributed by atoms with Crippen LogP contribution in [0.4, 0.5) is 0 Å². The standard InChI is InChI=1S/C13H22N6O2/c1-2-10-16-11(18-17-10)13(21)19-7-3-4-9(8-19)12(20)15-6-5-14/h9H,2-8,14H2,1H3,(H,15,20)(H,16,17,18). The number of aromatic nitrogens is 3. The number of aromatic amines is 1. The van der Waals surface area contributed by atoms with Crippen LogP contribution in [0.2, 0.25) is 0 Å². The van der Waals surface area contributed by atoms with Gasteiger partial charge >= 0.3 is 0 Å². The molecule has 1 aliphatic rings. The molecular weight excluding hydrogens is 272 g/mol. The zero-order chi connectivity index (χ0) is 15.2. The van der Waals surface area contributed by atoms with E-state index in [-0.39, 0.29) is 23.6 Å². The van der Waals surface area contributed by atoms with Gasteiger partial charge in [-0.15, -0.1) is 5.10 Å². The van der Waals surface area contributed by atoms with E-state index >= 15 is 0 Å². The summed E-state index contributed by atoms with van der Waals surface area (Å²) in [4.78, 5) is 30.1. The molecule has 0 bridgehead atoms. The Bertz CT molecular complexity index is 501. The Balaban J connectivity index is 1.96. The van der Waals surface area contributed by atoms with Crippen LogP contribution in [-0.2, 0) is 11.2 Å². The maximum Gasteiger partial charge on any atom is 0.293 e. The average Bonchev–Trinajstić information content (AvgIpc) is 3.01. The number of nitrogens with two attached hydrogens (primary N) is 1. The maximum absolute atomic E-state index is 12.3. The molecule has 1 fully saturated rings. The van der Waals surface area contributed by atoms with Crippen LogP contribution in [0.5, 0.6) is 0 Å². The van der Waals surface area contributed by atoms with Gasteiger partial charge in [0.2, 0.25) is 11.7 Å². The summed E-state index contributed by atoms with van der Waals surface area (Å²) >= 11 is 0. The van der Waals surface area contributed by atoms with Gasteiger partial charge in [-0.2, -0.15) is 0 Å². The maximum atomic E-state index is 12.3. The predicted molar refractivity (Wildman–Crippen MR) is 76.5 cm³/mol. The van der Waals surface area contributed by atoms with Gasteiger partial charge in [0.05, 0.1) is 5.92 Å². The lowest BCUT2D eigenvalue weighted by Crippen LogP contribution is -2.46. The van der Waals surface area contributed by atoms with Crippen molar-refractivity contribution in [3.05, 3.63) is 11.6 Å². The molecule has 116 valence electrons. The number of piperidine rings is 1. The first-order valence-electron chi connectivity index (χ1n) is 7.34. The first kappa shape index (κ1) is 15.4. The number of aryl methyl sites for hydroxylation is 1. The first-order valence-corrected chi connectivity index (χ1v) is 7.34. The lowest BCUT2D eigenvalue weighted by Gasteiger charge is -2.31. The Labute approximate surface area is 123 Å². The minimum atomic E-state index is -0.220. The molecule has 21 heavy (non-hydrogen) atoms. The molecule has 0 saturated carbocycles. The topological polar surface area (TPSA) is 117 Å². The van der Waals surface area contributed by atoms with Gasteiger partial charge in [-0.05, 0) is 12.8 Å². The molecule has 8 heteroatoms. The van der Waals surface area contributed by atoms with Gasteiger partial charge in [-0.1, -0.05) is 6.92 Å². The fourth-order valence-corrected chi connectivity index (χ4v) is 2.41. The number of carbonyl (C=O) groups is 2. The van der Waals surface area contributed by atoms with Crippen LogP contribution in [0, 0.1) is 5.92 Å². The minimum Gasteiger partial charge on any atom is -0.355 e. The number of hydrogen-bond acceptors (Lipinski definition) is 5. The minimum absolute atomic E-state index is 0.0396. The number of likely N-dealkylation sites (tertiary alicyclic amines) is 1. The summed E-state index contributed by atoms with van der Waals surface area (Å²) in [7, 11) is 0. The Morgan fingerprint density at radius 1 is 1.52 bits per heavy atom. The second kappa shape index (κ2) is 7.16. The average molecular weight is 294 g/mol. The van der Waals surface area contributed by atoms with Gasteiger partial charge in [-0.3, -0.25) is 14.7 Å². The smallest absolute Gasteiger partial charge is 0.293 e. The third kappa shape index (κ3) is 3.78. The van der Waals surface area contributed by atoms with Gasteiger partial charge < -0.3 is 16.0 Å². The fraction of sp³-hybridized carbons (Fsp3) is 0.692. The molecule has 0 spiro atoms. The third-order valence-electron chi connectivity index (χ3n) is 3.58. The van der Waals surface area contributed by atoms with Crippen molar-refractivity contribution in [2.24, 2.45) is 11.7 Å². The van der Waals surface area contributed by atoms with E-state index in [1.807, 2.05) is 6.92 Å². The molecule has 2 heterocycles. The van der Waals surface area contributed by atoms with Gasteiger partial charge in [0, 0.05) is 32.6 Å². The van der Waals surface area contributed by atoms with E-state index in [1.165, 1.54) is 0 Å². The highest BCUT2D eigenvalue weighted by atomic mass is 16.2. The van der Waals surface area contributed by atoms with Crippen LogP contribution in [0.3, 0.4) is 0 Å². The van der Waals surface area contributed by atoms with Crippen LogP contribution in [-0.4, -0.2) is 58.1 Å². The molecule has 4 N–H and O–H groups in total. The second-order valence-corrected chi connectivity index (χ2v) is 5.13. The van der Waals surface area contributed by atoms with Crippen molar-refractivity contribution < 1.29 is 9.59 Å². The van der Waals surface area contributed by atoms with Gasteiger partial charge in [0.15, 0.2) is 0 Å². The van der Waals surface area contributed by atoms with Crippen LogP contribution in [0.25, 0.3) is 0 Å². The van der Waals surface area contributed by atoms with Crippen molar-refractivity contribution in [1.29, 1.82) is 0 Å². The Morgan fingerprint density at radius 3 is 3.00 bits per heavy atom. The van der Waals surface area contributed by atoms with Crippen molar-refractivity contribution >= 4 is 11.8 Å². The molecule has 1 aromatic rings. The number of amides is 2. The highest BCUT2D eigenvalue weighted by molar-refractivity contribution is 5.91. The van der Waals surface area contributed by atoms with E-state index in [0.29, 0.717) is 38.4 Å². The summed E-state index contributed by atoms with van der Waals surface area (Å²) in [5.41, 5.74) is 5.37. The Morgan fingerprint density at radius 2 is 2.33 bits per heavy atom. The normalized spacial score (nSPS) is 18.6. The summed E-state index contributed by atoms with van der Waals surface area (Å²) in [6, 6.07) is 0. The molecular formula is C13H22N6O2. The molecule has 1 atom stereocenters. The highest BCUT2D eigenvalue weighted by Crippen LogP contribution is 2.18. The molecule has 1 aliphatic heterocycles. The summed E-state index contributed by atoms with van der Waals surface area (Å²) in [6.07, 6.45) is 2.29. The first-order chi connectivity index (χ1) is 10.2. The zero-order valence-electron chi connectivity index (χ0n) is 12.3. The number of hydrogen-bond donors (Lipinski definition) is 3. The van der Waals surface area contributed by atoms with E-state index in [0.717, 1.165) is 12.8 Å². The molecule has 0 radical (unpaired) electrons. The fourth-order valence-electron chi connectivity index (χ4n) is 2.41. The van der Waals surface area contributed by atoms with E-state index in [9.17, 15) is 9.59 Å². The molecule has 0 aromatic carbocycles. The van der Waals surface area contributed by atoms with Crippen molar-refractivity contribution in [3.8, 4) is 0 Å². The summed E-state index contributed by atoms with van der Waals surface area (Å²) in [5.74, 6) is 0.422. The molecule has 8 nitrogen and oxygen atoms in total. The molecule has 2 amide bonds. The third-order valence-corrected chi connectivity index (χ3v) is 3.58. The van der Waals surface area contributed by atoms with E-state index in [1.54, 1.807) is 4.90 Å². The zero-order valence-corrected chi connectivity index (χ0v) is 12.3. The summed E-state index contributed by atoms with van der Waals surface area (Å²) < 4.78 is 0. The Hall–Kier alpha value is -1.96. The highest BCUT2D eigenvalue weighted by Gasteiger charge is 2.30. The number of rotatable bonds is 5. The van der Waals surface area contributed by atoms with Crippen LogP contribution < -0.4 is 11.1 Å². The monoisotopic (exact) mass is 294 g/mol. The molecule has 1 aromatic heterocycles. The van der Waals surface area contributed by atoms with Crippen LogP contribution >= 0.6 is 0 Å². The van der Waals surface area contributed by atoms with Crippen molar-refractivity contribution in [2.75, 3.05) is 26.2 Å². The number of carbonyl (C=O) groups excluding carboxylic acids is 2. The summed E-state index contributed by atoms with van der Waals surface area (Å²) in [6.45, 7) is 3.86.